The zero-order chi connectivity index (χ0) is 17.2. The third kappa shape index (κ3) is 2.82. The van der Waals surface area contributed by atoms with Crippen molar-refractivity contribution in [1.82, 2.24) is 4.90 Å². The van der Waals surface area contributed by atoms with Crippen LogP contribution >= 0.6 is 0 Å². The predicted molar refractivity (Wildman–Crippen MR) is 91.4 cm³/mol. The first kappa shape index (κ1) is 16.7. The van der Waals surface area contributed by atoms with Gasteiger partial charge in [0.2, 0.25) is 0 Å². The van der Waals surface area contributed by atoms with Gasteiger partial charge in [-0.15, -0.1) is 0 Å². The van der Waals surface area contributed by atoms with Gasteiger partial charge >= 0.3 is 0 Å². The molecule has 2 aromatic rings. The fraction of sp³-hybridized carbons (Fsp3) is 0.350. The summed E-state index contributed by atoms with van der Waals surface area (Å²) in [6.07, 6.45) is 3.23. The average Bonchev–Trinajstić information content (AvgIpc) is 2.59. The monoisotopic (exact) mass is 327 g/mol. The Hall–Kier alpha value is -2.20. The van der Waals surface area contributed by atoms with Crippen molar-refractivity contribution in [2.45, 2.75) is 31.7 Å². The van der Waals surface area contributed by atoms with Gasteiger partial charge in [-0.2, -0.15) is 0 Å². The Morgan fingerprint density at radius 1 is 0.958 bits per heavy atom. The smallest absolute Gasteiger partial charge is 0.159 e. The molecule has 1 N–H and O–H groups in total. The molecule has 1 unspecified atom stereocenters. The lowest BCUT2D eigenvalue weighted by molar-refractivity contribution is -0.128. The van der Waals surface area contributed by atoms with Crippen molar-refractivity contribution in [3.05, 3.63) is 65.5 Å². The van der Waals surface area contributed by atoms with Crippen LogP contribution < -0.4 is 0 Å². The third-order valence-electron chi connectivity index (χ3n) is 4.89. The van der Waals surface area contributed by atoms with Crippen LogP contribution in [-0.4, -0.2) is 28.9 Å². The number of Topliss-reactive ketones (excluding diaryl/α,β-unsaturated/α-hetero) is 1. The Morgan fingerprint density at radius 3 is 1.96 bits per heavy atom. The molecule has 0 saturated carbocycles. The molecule has 2 aromatic carbocycles. The fourth-order valence-corrected chi connectivity index (χ4v) is 3.78. The molecule has 0 aliphatic carbocycles. The van der Waals surface area contributed by atoms with Gasteiger partial charge in [0.1, 0.15) is 17.1 Å². The van der Waals surface area contributed by atoms with Crippen molar-refractivity contribution in [3.8, 4) is 5.75 Å². The van der Waals surface area contributed by atoms with Gasteiger partial charge in [-0.25, -0.2) is 4.39 Å². The van der Waals surface area contributed by atoms with Crippen LogP contribution in [0.4, 0.5) is 4.39 Å². The van der Waals surface area contributed by atoms with Crippen LogP contribution in [0.15, 0.2) is 48.5 Å². The number of likely N-dealkylation sites (tertiary alicyclic amines) is 1. The maximum Gasteiger partial charge on any atom is 0.159 e. The summed E-state index contributed by atoms with van der Waals surface area (Å²) in [6.45, 7) is 3.22. The van der Waals surface area contributed by atoms with Crippen LogP contribution in [0.1, 0.15) is 37.3 Å². The molecule has 0 aromatic heterocycles. The molecule has 0 bridgehead atoms. The van der Waals surface area contributed by atoms with E-state index >= 15 is 0 Å². The number of phenols is 1. The van der Waals surface area contributed by atoms with Crippen molar-refractivity contribution < 1.29 is 14.3 Å². The van der Waals surface area contributed by atoms with E-state index in [2.05, 4.69) is 4.90 Å². The molecule has 24 heavy (non-hydrogen) atoms. The van der Waals surface area contributed by atoms with Gasteiger partial charge in [0, 0.05) is 0 Å². The van der Waals surface area contributed by atoms with E-state index in [1.807, 2.05) is 0 Å². The Kier molecular flexibility index (Phi) is 4.67. The topological polar surface area (TPSA) is 40.5 Å². The second kappa shape index (κ2) is 6.73. The number of carbonyl (C=O) groups is 1. The minimum Gasteiger partial charge on any atom is -0.508 e. The SMILES string of the molecule is CC(=O)C(c1ccc(O)cc1)(c1ccc(F)cc1)N1CCCCC1. The molecule has 0 radical (unpaired) electrons. The standard InChI is InChI=1S/C20H22FNO2/c1-15(23)20(22-13-3-2-4-14-22,16-5-9-18(21)10-6-16)17-7-11-19(24)12-8-17/h5-12,24H,2-4,13-14H2,1H3. The summed E-state index contributed by atoms with van der Waals surface area (Å²) in [5, 5.41) is 9.63. The zero-order valence-corrected chi connectivity index (χ0v) is 13.8. The van der Waals surface area contributed by atoms with Gasteiger partial charge in [0.25, 0.3) is 0 Å². The van der Waals surface area contributed by atoms with E-state index in [4.69, 9.17) is 0 Å². The number of ketones is 1. The van der Waals surface area contributed by atoms with E-state index < -0.39 is 5.54 Å². The van der Waals surface area contributed by atoms with Crippen molar-refractivity contribution >= 4 is 5.78 Å². The Bertz CT molecular complexity index is 658. The second-order valence-corrected chi connectivity index (χ2v) is 6.37. The molecular formula is C20H22FNO2. The van der Waals surface area contributed by atoms with Gasteiger partial charge in [-0.1, -0.05) is 30.7 Å². The van der Waals surface area contributed by atoms with E-state index in [0.717, 1.165) is 43.5 Å². The zero-order valence-electron chi connectivity index (χ0n) is 13.8. The summed E-state index contributed by atoms with van der Waals surface area (Å²) < 4.78 is 13.4. The maximum absolute atomic E-state index is 13.4. The summed E-state index contributed by atoms with van der Waals surface area (Å²) in [5.41, 5.74) is 0.632. The molecule has 0 amide bonds. The number of hydrogen-bond acceptors (Lipinski definition) is 3. The number of benzene rings is 2. The van der Waals surface area contributed by atoms with Gasteiger partial charge in [-0.3, -0.25) is 9.69 Å². The van der Waals surface area contributed by atoms with Crippen LogP contribution in [0.2, 0.25) is 0 Å². The molecule has 0 spiro atoms. The van der Waals surface area contributed by atoms with E-state index in [9.17, 15) is 14.3 Å². The van der Waals surface area contributed by atoms with Crippen LogP contribution in [-0.2, 0) is 10.3 Å². The largest absolute Gasteiger partial charge is 0.508 e. The fourth-order valence-electron chi connectivity index (χ4n) is 3.78. The maximum atomic E-state index is 13.4. The molecule has 1 heterocycles. The van der Waals surface area contributed by atoms with Gasteiger partial charge in [0.15, 0.2) is 5.78 Å². The lowest BCUT2D eigenvalue weighted by Crippen LogP contribution is -2.53. The van der Waals surface area contributed by atoms with Crippen LogP contribution in [0, 0.1) is 5.82 Å². The molecule has 1 saturated heterocycles. The molecule has 3 nitrogen and oxygen atoms in total. The Morgan fingerprint density at radius 2 is 1.46 bits per heavy atom. The first-order chi connectivity index (χ1) is 11.5. The van der Waals surface area contributed by atoms with E-state index in [-0.39, 0.29) is 17.3 Å². The molecular weight excluding hydrogens is 305 g/mol. The second-order valence-electron chi connectivity index (χ2n) is 6.37. The Labute approximate surface area is 141 Å². The van der Waals surface area contributed by atoms with Crippen molar-refractivity contribution in [1.29, 1.82) is 0 Å². The minimum atomic E-state index is -0.943. The minimum absolute atomic E-state index is 0.00157. The lowest BCUT2D eigenvalue weighted by Gasteiger charge is -2.45. The first-order valence-electron chi connectivity index (χ1n) is 8.37. The number of aromatic hydroxyl groups is 1. The number of halogens is 1. The highest BCUT2D eigenvalue weighted by Crippen LogP contribution is 2.39. The van der Waals surface area contributed by atoms with Gasteiger partial charge < -0.3 is 5.11 Å². The van der Waals surface area contributed by atoms with Crippen molar-refractivity contribution in [3.63, 3.8) is 0 Å². The highest BCUT2D eigenvalue weighted by molar-refractivity contribution is 5.91. The van der Waals surface area contributed by atoms with Crippen molar-refractivity contribution in [2.75, 3.05) is 13.1 Å². The number of nitrogens with zero attached hydrogens (tertiary/aromatic N) is 1. The summed E-state index contributed by atoms with van der Waals surface area (Å²) in [7, 11) is 0. The molecule has 4 heteroatoms. The van der Waals surface area contributed by atoms with Crippen LogP contribution in [0.25, 0.3) is 0 Å². The van der Waals surface area contributed by atoms with Gasteiger partial charge in [-0.05, 0) is 68.2 Å². The number of piperidine rings is 1. The van der Waals surface area contributed by atoms with Crippen LogP contribution in [0.3, 0.4) is 0 Å². The molecule has 126 valence electrons. The van der Waals surface area contributed by atoms with E-state index in [0.29, 0.717) is 0 Å². The van der Waals surface area contributed by atoms with Crippen LogP contribution in [0.5, 0.6) is 5.75 Å². The summed E-state index contributed by atoms with van der Waals surface area (Å²) in [6, 6.07) is 13.0. The molecule has 3 rings (SSSR count). The highest BCUT2D eigenvalue weighted by atomic mass is 19.1. The normalized spacial score (nSPS) is 18.1. The number of phenolic OH excluding ortho intramolecular Hbond substituents is 1. The highest BCUT2D eigenvalue weighted by Gasteiger charge is 2.45. The first-order valence-corrected chi connectivity index (χ1v) is 8.37. The molecule has 1 fully saturated rings. The van der Waals surface area contributed by atoms with Crippen molar-refractivity contribution in [2.24, 2.45) is 0 Å². The number of carbonyl (C=O) groups excluding carboxylic acids is 1. The van der Waals surface area contributed by atoms with E-state index in [1.165, 1.54) is 12.1 Å². The lowest BCUT2D eigenvalue weighted by atomic mass is 9.77. The quantitative estimate of drug-likeness (QED) is 0.927. The average molecular weight is 327 g/mol. The molecule has 1 aliphatic heterocycles. The molecule has 1 aliphatic rings. The summed E-state index contributed by atoms with van der Waals surface area (Å²) in [4.78, 5) is 15.1. The van der Waals surface area contributed by atoms with E-state index in [1.54, 1.807) is 43.3 Å². The third-order valence-corrected chi connectivity index (χ3v) is 4.89. The summed E-state index contributed by atoms with van der Waals surface area (Å²) >= 11 is 0. The number of rotatable bonds is 4. The molecule has 1 atom stereocenters. The summed E-state index contributed by atoms with van der Waals surface area (Å²) in [5.74, 6) is -0.156. The number of hydrogen-bond donors (Lipinski definition) is 1. The predicted octanol–water partition coefficient (Wildman–Crippen LogP) is 3.85. The Balaban J connectivity index is 2.21. The van der Waals surface area contributed by atoms with Gasteiger partial charge in [0.05, 0.1) is 0 Å².